The lowest BCUT2D eigenvalue weighted by atomic mass is 9.48. The van der Waals surface area contributed by atoms with Crippen molar-refractivity contribution >= 4 is 34.4 Å². The first-order valence-corrected chi connectivity index (χ1v) is 12.6. The third kappa shape index (κ3) is 3.05. The summed E-state index contributed by atoms with van der Waals surface area (Å²) in [5.74, 6) is 1.82. The molecule has 0 radical (unpaired) electrons. The van der Waals surface area contributed by atoms with Crippen LogP contribution in [0.15, 0.2) is 30.4 Å². The molecule has 0 aromatic carbocycles. The van der Waals surface area contributed by atoms with Crippen LogP contribution in [0.25, 0.3) is 16.9 Å². The Morgan fingerprint density at radius 2 is 1.91 bits per heavy atom. The molecule has 0 bridgehead atoms. The van der Waals surface area contributed by atoms with Crippen LogP contribution >= 0.6 is 11.6 Å². The molecule has 0 N–H and O–H groups in total. The topological polar surface area (TPSA) is 69.9 Å². The van der Waals surface area contributed by atoms with Gasteiger partial charge in [-0.05, 0) is 61.7 Å². The van der Waals surface area contributed by atoms with Crippen molar-refractivity contribution in [2.45, 2.75) is 71.8 Å². The van der Waals surface area contributed by atoms with Crippen molar-refractivity contribution in [3.63, 3.8) is 0 Å². The molecule has 0 saturated heterocycles. The lowest BCUT2D eigenvalue weighted by Gasteiger charge is -2.57. The highest BCUT2D eigenvalue weighted by Gasteiger charge is 2.57. The van der Waals surface area contributed by atoms with Gasteiger partial charge in [-0.15, -0.1) is 0 Å². The zero-order valence-electron chi connectivity index (χ0n) is 19.6. The molecule has 0 spiro atoms. The van der Waals surface area contributed by atoms with E-state index < -0.39 is 0 Å². The van der Waals surface area contributed by atoms with Crippen LogP contribution in [0.3, 0.4) is 0 Å². The highest BCUT2D eigenvalue weighted by molar-refractivity contribution is 6.33. The molecule has 174 valence electrons. The number of ether oxygens (including phenoxy) is 1. The zero-order valence-corrected chi connectivity index (χ0v) is 20.3. The Bertz CT molecular complexity index is 1200. The van der Waals surface area contributed by atoms with E-state index in [4.69, 9.17) is 16.3 Å². The van der Waals surface area contributed by atoms with E-state index in [1.165, 1.54) is 37.4 Å². The van der Waals surface area contributed by atoms with E-state index in [-0.39, 0.29) is 22.9 Å². The summed E-state index contributed by atoms with van der Waals surface area (Å²) < 4.78 is 7.74. The first-order chi connectivity index (χ1) is 15.8. The Balaban J connectivity index is 1.30. The van der Waals surface area contributed by atoms with Gasteiger partial charge in [0.25, 0.3) is 0 Å². The van der Waals surface area contributed by atoms with Crippen LogP contribution < -0.4 is 0 Å². The normalized spacial score (nSPS) is 37.6. The van der Waals surface area contributed by atoms with Gasteiger partial charge >= 0.3 is 5.97 Å². The number of esters is 1. The third-order valence-corrected chi connectivity index (χ3v) is 9.76. The SMILES string of the molecule is CC(=O)OC1CC[C@@]2(C)C(=CC[C@@H]3[C@@H]2CC[C@]2(C)C(n4cnc5c(Cl)ncnc54)=CC[C@@H]32)C1. The van der Waals surface area contributed by atoms with E-state index in [0.717, 1.165) is 37.8 Å². The van der Waals surface area contributed by atoms with Gasteiger partial charge in [-0.1, -0.05) is 43.2 Å². The van der Waals surface area contributed by atoms with E-state index in [2.05, 4.69) is 45.5 Å². The van der Waals surface area contributed by atoms with Gasteiger partial charge in [0.2, 0.25) is 0 Å². The van der Waals surface area contributed by atoms with Crippen molar-refractivity contribution < 1.29 is 9.53 Å². The van der Waals surface area contributed by atoms with Crippen LogP contribution in [0, 0.1) is 28.6 Å². The number of carbonyl (C=O) groups excluding carboxylic acids is 1. The molecular weight excluding hydrogens is 436 g/mol. The van der Waals surface area contributed by atoms with E-state index >= 15 is 0 Å². The van der Waals surface area contributed by atoms with E-state index in [0.29, 0.717) is 28.4 Å². The predicted octanol–water partition coefficient (Wildman–Crippen LogP) is 5.83. The molecule has 6 atom stereocenters. The Kier molecular flexibility index (Phi) is 4.78. The van der Waals surface area contributed by atoms with Crippen LogP contribution in [0.1, 0.15) is 65.7 Å². The Labute approximate surface area is 199 Å². The summed E-state index contributed by atoms with van der Waals surface area (Å²) in [6.07, 6.45) is 16.0. The van der Waals surface area contributed by atoms with Crippen molar-refractivity contribution in [1.82, 2.24) is 19.5 Å². The summed E-state index contributed by atoms with van der Waals surface area (Å²) in [6, 6.07) is 0. The number of carbonyl (C=O) groups is 1. The first kappa shape index (κ1) is 21.3. The maximum Gasteiger partial charge on any atom is 0.302 e. The van der Waals surface area contributed by atoms with Crippen molar-refractivity contribution in [3.8, 4) is 0 Å². The van der Waals surface area contributed by atoms with Gasteiger partial charge in [0.1, 0.15) is 24.3 Å². The molecule has 1 unspecified atom stereocenters. The number of hydrogen-bond acceptors (Lipinski definition) is 5. The van der Waals surface area contributed by atoms with E-state index in [9.17, 15) is 4.79 Å². The van der Waals surface area contributed by atoms with Crippen molar-refractivity contribution in [2.24, 2.45) is 28.6 Å². The average Bonchev–Trinajstić information content (AvgIpc) is 3.35. The molecule has 2 fully saturated rings. The van der Waals surface area contributed by atoms with Crippen LogP contribution in [-0.2, 0) is 9.53 Å². The molecule has 0 aliphatic heterocycles. The molecule has 2 heterocycles. The summed E-state index contributed by atoms with van der Waals surface area (Å²) in [5.41, 5.74) is 4.65. The zero-order chi connectivity index (χ0) is 23.0. The number of fused-ring (bicyclic) bond motifs is 6. The van der Waals surface area contributed by atoms with Gasteiger partial charge in [0.15, 0.2) is 10.8 Å². The monoisotopic (exact) mass is 466 g/mol. The summed E-state index contributed by atoms with van der Waals surface area (Å²) >= 11 is 6.28. The number of halogens is 1. The Morgan fingerprint density at radius 1 is 1.09 bits per heavy atom. The molecule has 2 aromatic rings. The van der Waals surface area contributed by atoms with Gasteiger partial charge in [-0.25, -0.2) is 15.0 Å². The van der Waals surface area contributed by atoms with Gasteiger partial charge < -0.3 is 4.74 Å². The summed E-state index contributed by atoms with van der Waals surface area (Å²) in [7, 11) is 0. The summed E-state index contributed by atoms with van der Waals surface area (Å²) in [5, 5.41) is 0.407. The molecule has 4 aliphatic rings. The van der Waals surface area contributed by atoms with Gasteiger partial charge in [0, 0.05) is 24.5 Å². The predicted molar refractivity (Wildman–Crippen MR) is 127 cm³/mol. The molecule has 4 aliphatic carbocycles. The van der Waals surface area contributed by atoms with Crippen molar-refractivity contribution in [3.05, 3.63) is 35.5 Å². The van der Waals surface area contributed by atoms with Gasteiger partial charge in [0.05, 0.1) is 0 Å². The highest BCUT2D eigenvalue weighted by atomic mass is 35.5. The fraction of sp³-hybridized carbons (Fsp3) is 0.615. The molecule has 33 heavy (non-hydrogen) atoms. The molecule has 2 aromatic heterocycles. The van der Waals surface area contributed by atoms with Crippen molar-refractivity contribution in [2.75, 3.05) is 0 Å². The van der Waals surface area contributed by atoms with Crippen LogP contribution in [0.2, 0.25) is 5.15 Å². The Hall–Kier alpha value is -2.21. The van der Waals surface area contributed by atoms with Crippen LogP contribution in [0.5, 0.6) is 0 Å². The quantitative estimate of drug-likeness (QED) is 0.316. The summed E-state index contributed by atoms with van der Waals surface area (Å²) in [6.45, 7) is 6.45. The Morgan fingerprint density at radius 3 is 2.73 bits per heavy atom. The smallest absolute Gasteiger partial charge is 0.302 e. The number of aromatic nitrogens is 4. The van der Waals surface area contributed by atoms with Crippen LogP contribution in [-0.4, -0.2) is 31.6 Å². The number of nitrogens with zero attached hydrogens (tertiary/aromatic N) is 4. The van der Waals surface area contributed by atoms with Crippen LogP contribution in [0.4, 0.5) is 0 Å². The molecule has 6 nitrogen and oxygen atoms in total. The minimum Gasteiger partial charge on any atom is -0.462 e. The second-order valence-electron chi connectivity index (χ2n) is 11.0. The third-order valence-electron chi connectivity index (χ3n) is 9.48. The number of allylic oxidation sites excluding steroid dienone is 3. The van der Waals surface area contributed by atoms with Crippen molar-refractivity contribution in [1.29, 1.82) is 0 Å². The molecule has 2 saturated carbocycles. The van der Waals surface area contributed by atoms with E-state index in [1.807, 2.05) is 6.33 Å². The molecular formula is C26H31ClN4O2. The maximum absolute atomic E-state index is 11.5. The van der Waals surface area contributed by atoms with Gasteiger partial charge in [-0.3, -0.25) is 9.36 Å². The number of rotatable bonds is 2. The minimum absolute atomic E-state index is 0.0512. The summed E-state index contributed by atoms with van der Waals surface area (Å²) in [4.78, 5) is 24.6. The van der Waals surface area contributed by atoms with Gasteiger partial charge in [-0.2, -0.15) is 0 Å². The maximum atomic E-state index is 11.5. The fourth-order valence-electron chi connectivity index (χ4n) is 7.86. The molecule has 7 heteroatoms. The molecule has 0 amide bonds. The molecule has 6 rings (SSSR count). The second-order valence-corrected chi connectivity index (χ2v) is 11.3. The highest BCUT2D eigenvalue weighted by Crippen LogP contribution is 2.65. The average molecular weight is 467 g/mol. The first-order valence-electron chi connectivity index (χ1n) is 12.2. The fourth-order valence-corrected chi connectivity index (χ4v) is 8.04. The van der Waals surface area contributed by atoms with E-state index in [1.54, 1.807) is 0 Å². The number of imidazole rings is 1. The number of hydrogen-bond donors (Lipinski definition) is 0. The lowest BCUT2D eigenvalue weighted by molar-refractivity contribution is -0.148. The largest absolute Gasteiger partial charge is 0.462 e. The minimum atomic E-state index is -0.158. The second kappa shape index (κ2) is 7.39. The standard InChI is InChI=1S/C26H31ClN4O2/c1-15(32)33-17-8-10-25(2)16(12-17)4-5-18-19-6-7-21(26(19,3)11-9-20(18)25)31-14-30-22-23(27)28-13-29-24(22)31/h4,7,13-14,17-20H,5-6,8-12H2,1-3H3/t17?,18-,19-,20-,25-,26-/m0/s1. The lowest BCUT2D eigenvalue weighted by Crippen LogP contribution is -2.50.